The summed E-state index contributed by atoms with van der Waals surface area (Å²) < 4.78 is 0. The number of aromatic carboxylic acids is 1. The third kappa shape index (κ3) is 2.57. The van der Waals surface area contributed by atoms with Crippen molar-refractivity contribution in [2.45, 2.75) is 39.0 Å². The second-order valence-electron chi connectivity index (χ2n) is 5.86. The number of hydrogen-bond acceptors (Lipinski definition) is 3. The first kappa shape index (κ1) is 12.5. The number of aromatic nitrogens is 1. The van der Waals surface area contributed by atoms with Crippen LogP contribution in [0.4, 0.5) is 5.82 Å². The number of carboxylic acids is 1. The molecule has 2 atom stereocenters. The Morgan fingerprint density at radius 3 is 2.89 bits per heavy atom. The fourth-order valence-corrected chi connectivity index (χ4v) is 2.84. The Labute approximate surface area is 113 Å². The number of carboxylic acid groups (broad SMARTS) is 1. The smallest absolute Gasteiger partial charge is 0.339 e. The lowest BCUT2D eigenvalue weighted by Gasteiger charge is -2.18. The second kappa shape index (κ2) is 4.83. The van der Waals surface area contributed by atoms with Crippen molar-refractivity contribution in [2.24, 2.45) is 11.8 Å². The fraction of sp³-hybridized carbons (Fsp3) is 0.600. The van der Waals surface area contributed by atoms with Gasteiger partial charge in [0.15, 0.2) is 0 Å². The molecule has 1 aromatic heterocycles. The molecule has 2 N–H and O–H groups in total. The molecule has 1 aromatic rings. The lowest BCUT2D eigenvalue weighted by molar-refractivity contribution is 0.0697. The summed E-state index contributed by atoms with van der Waals surface area (Å²) in [4.78, 5) is 15.9. The molecule has 102 valence electrons. The molecule has 1 saturated carbocycles. The van der Waals surface area contributed by atoms with Gasteiger partial charge < -0.3 is 10.4 Å². The molecular weight excluding hydrogens is 240 g/mol. The second-order valence-corrected chi connectivity index (χ2v) is 5.86. The van der Waals surface area contributed by atoms with Gasteiger partial charge in [-0.05, 0) is 55.6 Å². The van der Waals surface area contributed by atoms with Crippen molar-refractivity contribution in [3.05, 3.63) is 22.9 Å². The van der Waals surface area contributed by atoms with Crippen molar-refractivity contribution in [3.63, 3.8) is 0 Å². The van der Waals surface area contributed by atoms with Crippen LogP contribution < -0.4 is 5.32 Å². The minimum Gasteiger partial charge on any atom is -0.478 e. The molecule has 1 fully saturated rings. The van der Waals surface area contributed by atoms with Crippen LogP contribution in [0.1, 0.15) is 47.8 Å². The van der Waals surface area contributed by atoms with Crippen LogP contribution in [0.2, 0.25) is 0 Å². The van der Waals surface area contributed by atoms with Gasteiger partial charge in [0, 0.05) is 12.2 Å². The number of rotatable bonds is 4. The Hall–Kier alpha value is -1.58. The molecule has 2 aliphatic rings. The van der Waals surface area contributed by atoms with E-state index in [1.54, 1.807) is 0 Å². The van der Waals surface area contributed by atoms with E-state index in [0.717, 1.165) is 49.4 Å². The van der Waals surface area contributed by atoms with Crippen LogP contribution in [0.15, 0.2) is 6.07 Å². The number of anilines is 1. The first-order chi connectivity index (χ1) is 9.15. The van der Waals surface area contributed by atoms with E-state index >= 15 is 0 Å². The van der Waals surface area contributed by atoms with Gasteiger partial charge in [0.25, 0.3) is 0 Å². The predicted molar refractivity (Wildman–Crippen MR) is 73.6 cm³/mol. The van der Waals surface area contributed by atoms with Gasteiger partial charge in [-0.3, -0.25) is 0 Å². The SMILES string of the molecule is CC1CC1CNc1nc2c(cc1C(=O)O)CCCC2. The zero-order valence-electron chi connectivity index (χ0n) is 11.3. The monoisotopic (exact) mass is 260 g/mol. The first-order valence-corrected chi connectivity index (χ1v) is 7.15. The van der Waals surface area contributed by atoms with Crippen molar-refractivity contribution in [1.82, 2.24) is 4.98 Å². The van der Waals surface area contributed by atoms with Crippen LogP contribution in [0.5, 0.6) is 0 Å². The Morgan fingerprint density at radius 1 is 1.47 bits per heavy atom. The molecule has 0 saturated heterocycles. The van der Waals surface area contributed by atoms with E-state index in [1.807, 2.05) is 6.07 Å². The summed E-state index contributed by atoms with van der Waals surface area (Å²) in [6.45, 7) is 3.07. The number of fused-ring (bicyclic) bond motifs is 1. The van der Waals surface area contributed by atoms with Crippen LogP contribution in [0.3, 0.4) is 0 Å². The van der Waals surface area contributed by atoms with E-state index in [9.17, 15) is 9.90 Å². The quantitative estimate of drug-likeness (QED) is 0.873. The lowest BCUT2D eigenvalue weighted by atomic mass is 9.94. The van der Waals surface area contributed by atoms with Crippen LogP contribution in [0, 0.1) is 11.8 Å². The highest BCUT2D eigenvalue weighted by atomic mass is 16.4. The van der Waals surface area contributed by atoms with Crippen molar-refractivity contribution < 1.29 is 9.90 Å². The highest BCUT2D eigenvalue weighted by Gasteiger charge is 2.32. The molecule has 0 aliphatic heterocycles. The third-order valence-electron chi connectivity index (χ3n) is 4.34. The summed E-state index contributed by atoms with van der Waals surface area (Å²) in [5.74, 6) is 1.12. The molecule has 0 radical (unpaired) electrons. The van der Waals surface area contributed by atoms with Gasteiger partial charge >= 0.3 is 5.97 Å². The van der Waals surface area contributed by atoms with E-state index < -0.39 is 5.97 Å². The number of hydrogen-bond donors (Lipinski definition) is 2. The van der Waals surface area contributed by atoms with Gasteiger partial charge in [-0.2, -0.15) is 0 Å². The number of aryl methyl sites for hydroxylation is 2. The predicted octanol–water partition coefficient (Wildman–Crippen LogP) is 2.73. The number of nitrogens with one attached hydrogen (secondary N) is 1. The zero-order chi connectivity index (χ0) is 13.4. The van der Waals surface area contributed by atoms with E-state index in [2.05, 4.69) is 17.2 Å². The molecule has 4 nitrogen and oxygen atoms in total. The molecule has 2 unspecified atom stereocenters. The van der Waals surface area contributed by atoms with Crippen molar-refractivity contribution in [1.29, 1.82) is 0 Å². The summed E-state index contributed by atoms with van der Waals surface area (Å²) in [6.07, 6.45) is 5.47. The Balaban J connectivity index is 1.84. The van der Waals surface area contributed by atoms with Crippen molar-refractivity contribution in [2.75, 3.05) is 11.9 Å². The van der Waals surface area contributed by atoms with Crippen molar-refractivity contribution in [3.8, 4) is 0 Å². The maximum Gasteiger partial charge on any atom is 0.339 e. The average Bonchev–Trinajstić information content (AvgIpc) is 3.11. The Kier molecular flexibility index (Phi) is 3.17. The van der Waals surface area contributed by atoms with Crippen LogP contribution in [-0.4, -0.2) is 22.6 Å². The molecule has 1 heterocycles. The van der Waals surface area contributed by atoms with E-state index in [4.69, 9.17) is 0 Å². The molecule has 4 heteroatoms. The largest absolute Gasteiger partial charge is 0.478 e. The lowest BCUT2D eigenvalue weighted by Crippen LogP contribution is -2.15. The summed E-state index contributed by atoms with van der Waals surface area (Å²) in [7, 11) is 0. The number of carbonyl (C=O) groups is 1. The maximum atomic E-state index is 11.4. The summed E-state index contributed by atoms with van der Waals surface area (Å²) >= 11 is 0. The summed E-state index contributed by atoms with van der Waals surface area (Å²) in [5, 5.41) is 12.6. The Bertz CT molecular complexity index is 513. The van der Waals surface area contributed by atoms with E-state index in [1.165, 1.54) is 6.42 Å². The molecule has 19 heavy (non-hydrogen) atoms. The molecule has 0 amide bonds. The molecule has 0 bridgehead atoms. The van der Waals surface area contributed by atoms with E-state index in [-0.39, 0.29) is 0 Å². The van der Waals surface area contributed by atoms with Gasteiger partial charge in [0.1, 0.15) is 11.4 Å². The topological polar surface area (TPSA) is 62.2 Å². The molecule has 3 rings (SSSR count). The number of nitrogens with zero attached hydrogens (tertiary/aromatic N) is 1. The van der Waals surface area contributed by atoms with Crippen LogP contribution >= 0.6 is 0 Å². The molecule has 0 aromatic carbocycles. The van der Waals surface area contributed by atoms with Gasteiger partial charge in [0.2, 0.25) is 0 Å². The van der Waals surface area contributed by atoms with Crippen LogP contribution in [0.25, 0.3) is 0 Å². The third-order valence-corrected chi connectivity index (χ3v) is 4.34. The fourth-order valence-electron chi connectivity index (χ4n) is 2.84. The van der Waals surface area contributed by atoms with Gasteiger partial charge in [-0.15, -0.1) is 0 Å². The molecule has 2 aliphatic carbocycles. The average molecular weight is 260 g/mol. The standard InChI is InChI=1S/C15H20N2O2/c1-9-6-11(9)8-16-14-12(15(18)19)7-10-4-2-3-5-13(10)17-14/h7,9,11H,2-6,8H2,1H3,(H,16,17)(H,18,19). The number of pyridine rings is 1. The van der Waals surface area contributed by atoms with Crippen LogP contribution in [-0.2, 0) is 12.8 Å². The highest BCUT2D eigenvalue weighted by molar-refractivity contribution is 5.93. The first-order valence-electron chi connectivity index (χ1n) is 7.15. The normalized spacial score (nSPS) is 24.7. The van der Waals surface area contributed by atoms with Gasteiger partial charge in [-0.1, -0.05) is 6.92 Å². The zero-order valence-corrected chi connectivity index (χ0v) is 11.3. The Morgan fingerprint density at radius 2 is 2.21 bits per heavy atom. The summed E-state index contributed by atoms with van der Waals surface area (Å²) in [6, 6.07) is 1.82. The minimum atomic E-state index is -0.882. The summed E-state index contributed by atoms with van der Waals surface area (Å²) in [5.41, 5.74) is 2.53. The highest BCUT2D eigenvalue weighted by Crippen LogP contribution is 2.37. The maximum absolute atomic E-state index is 11.4. The van der Waals surface area contributed by atoms with Gasteiger partial charge in [0.05, 0.1) is 0 Å². The van der Waals surface area contributed by atoms with E-state index in [0.29, 0.717) is 17.3 Å². The minimum absolute atomic E-state index is 0.328. The molecule has 0 spiro atoms. The van der Waals surface area contributed by atoms with Crippen molar-refractivity contribution >= 4 is 11.8 Å². The molecular formula is C15H20N2O2. The van der Waals surface area contributed by atoms with Gasteiger partial charge in [-0.25, -0.2) is 9.78 Å².